The zero-order chi connectivity index (χ0) is 42.8. The van der Waals surface area contributed by atoms with E-state index in [1.54, 1.807) is 0 Å². The molecule has 0 spiro atoms. The van der Waals surface area contributed by atoms with Crippen molar-refractivity contribution in [1.29, 1.82) is 0 Å². The summed E-state index contributed by atoms with van der Waals surface area (Å²) in [5.41, 5.74) is 15.5. The van der Waals surface area contributed by atoms with Gasteiger partial charge in [0.05, 0.1) is 16.7 Å². The number of furan rings is 1. The van der Waals surface area contributed by atoms with E-state index in [0.717, 1.165) is 72.5 Å². The molecular formula is C62H40N2O. The van der Waals surface area contributed by atoms with Crippen LogP contribution in [0.3, 0.4) is 0 Å². The number of benzene rings is 11. The number of hydrogen-bond donors (Lipinski definition) is 0. The molecule has 0 bridgehead atoms. The molecule has 2 aromatic heterocycles. The van der Waals surface area contributed by atoms with Crippen molar-refractivity contribution in [3.05, 3.63) is 243 Å². The summed E-state index contributed by atoms with van der Waals surface area (Å²) in [6, 6.07) is 87.8. The van der Waals surface area contributed by atoms with Gasteiger partial charge in [0.15, 0.2) is 0 Å². The van der Waals surface area contributed by atoms with Gasteiger partial charge in [0.25, 0.3) is 0 Å². The lowest BCUT2D eigenvalue weighted by molar-refractivity contribution is 0.670. The van der Waals surface area contributed by atoms with Crippen molar-refractivity contribution in [2.45, 2.75) is 0 Å². The second kappa shape index (κ2) is 15.0. The molecule has 0 fully saturated rings. The second-order valence-electron chi connectivity index (χ2n) is 16.9. The summed E-state index contributed by atoms with van der Waals surface area (Å²) in [6.45, 7) is 0. The number of aromatic nitrogens is 1. The third-order valence-electron chi connectivity index (χ3n) is 13.2. The van der Waals surface area contributed by atoms with E-state index in [0.29, 0.717) is 0 Å². The molecule has 2 heterocycles. The highest BCUT2D eigenvalue weighted by atomic mass is 16.3. The van der Waals surface area contributed by atoms with Crippen molar-refractivity contribution in [2.24, 2.45) is 0 Å². The molecule has 0 saturated carbocycles. The monoisotopic (exact) mass is 828 g/mol. The van der Waals surface area contributed by atoms with E-state index >= 15 is 0 Å². The van der Waals surface area contributed by atoms with Gasteiger partial charge in [-0.3, -0.25) is 0 Å². The van der Waals surface area contributed by atoms with Crippen LogP contribution in [0.2, 0.25) is 0 Å². The topological polar surface area (TPSA) is 21.3 Å². The minimum Gasteiger partial charge on any atom is -0.455 e. The van der Waals surface area contributed by atoms with Gasteiger partial charge in [-0.15, -0.1) is 0 Å². The van der Waals surface area contributed by atoms with Crippen LogP contribution in [-0.2, 0) is 0 Å². The Hall–Kier alpha value is -8.66. The molecule has 0 aliphatic heterocycles. The maximum Gasteiger partial charge on any atom is 0.143 e. The van der Waals surface area contributed by atoms with Crippen molar-refractivity contribution < 1.29 is 4.42 Å². The van der Waals surface area contributed by atoms with Crippen LogP contribution in [-0.4, -0.2) is 4.57 Å². The van der Waals surface area contributed by atoms with E-state index in [1.807, 2.05) is 12.1 Å². The number of nitrogens with zero attached hydrogens (tertiary/aromatic N) is 2. The van der Waals surface area contributed by atoms with Crippen LogP contribution in [0.1, 0.15) is 0 Å². The summed E-state index contributed by atoms with van der Waals surface area (Å²) in [4.78, 5) is 2.39. The van der Waals surface area contributed by atoms with Crippen molar-refractivity contribution in [2.75, 3.05) is 4.90 Å². The van der Waals surface area contributed by atoms with Gasteiger partial charge in [-0.1, -0.05) is 182 Å². The highest BCUT2D eigenvalue weighted by molar-refractivity contribution is 6.11. The number of hydrogen-bond acceptors (Lipinski definition) is 2. The Morgan fingerprint density at radius 2 is 0.862 bits per heavy atom. The highest BCUT2D eigenvalue weighted by Crippen LogP contribution is 2.42. The Morgan fingerprint density at radius 3 is 1.66 bits per heavy atom. The van der Waals surface area contributed by atoms with Crippen LogP contribution in [0, 0.1) is 0 Å². The molecule has 304 valence electrons. The second-order valence-corrected chi connectivity index (χ2v) is 16.9. The Balaban J connectivity index is 0.911. The zero-order valence-corrected chi connectivity index (χ0v) is 35.4. The highest BCUT2D eigenvalue weighted by Gasteiger charge is 2.19. The summed E-state index contributed by atoms with van der Waals surface area (Å²) >= 11 is 0. The molecule has 0 aliphatic carbocycles. The molecular weight excluding hydrogens is 789 g/mol. The lowest BCUT2D eigenvalue weighted by Crippen LogP contribution is -2.10. The summed E-state index contributed by atoms with van der Waals surface area (Å²) in [5.74, 6) is 0. The summed E-state index contributed by atoms with van der Waals surface area (Å²) in [5, 5.41) is 9.74. The fraction of sp³-hybridized carbons (Fsp3) is 0. The first-order valence-electron chi connectivity index (χ1n) is 22.2. The predicted octanol–water partition coefficient (Wildman–Crippen LogP) is 17.5. The van der Waals surface area contributed by atoms with E-state index in [1.165, 1.54) is 48.9 Å². The minimum absolute atomic E-state index is 0.911. The number of rotatable bonds is 7. The molecule has 13 rings (SSSR count). The summed E-state index contributed by atoms with van der Waals surface area (Å²) in [7, 11) is 0. The van der Waals surface area contributed by atoms with Crippen LogP contribution >= 0.6 is 0 Å². The molecule has 0 unspecified atom stereocenters. The van der Waals surface area contributed by atoms with Crippen LogP contribution < -0.4 is 4.90 Å². The molecule has 0 N–H and O–H groups in total. The largest absolute Gasteiger partial charge is 0.455 e. The molecule has 0 atom stereocenters. The van der Waals surface area contributed by atoms with E-state index in [-0.39, 0.29) is 0 Å². The first-order chi connectivity index (χ1) is 32.2. The van der Waals surface area contributed by atoms with Gasteiger partial charge in [0.2, 0.25) is 0 Å². The van der Waals surface area contributed by atoms with Crippen LogP contribution in [0.25, 0.3) is 104 Å². The molecule has 0 saturated heterocycles. The third kappa shape index (κ3) is 6.12. The maximum atomic E-state index is 6.38. The first-order valence-corrected chi connectivity index (χ1v) is 22.2. The molecule has 0 aliphatic rings. The van der Waals surface area contributed by atoms with E-state index in [9.17, 15) is 0 Å². The average molecular weight is 829 g/mol. The fourth-order valence-corrected chi connectivity index (χ4v) is 10.1. The van der Waals surface area contributed by atoms with Crippen molar-refractivity contribution in [1.82, 2.24) is 4.57 Å². The van der Waals surface area contributed by atoms with Gasteiger partial charge in [0, 0.05) is 49.7 Å². The molecule has 11 aromatic carbocycles. The zero-order valence-electron chi connectivity index (χ0n) is 35.4. The van der Waals surface area contributed by atoms with E-state index in [2.05, 4.69) is 240 Å². The fourth-order valence-electron chi connectivity index (χ4n) is 10.1. The van der Waals surface area contributed by atoms with Gasteiger partial charge in [-0.2, -0.15) is 0 Å². The lowest BCUT2D eigenvalue weighted by Gasteiger charge is -2.27. The van der Waals surface area contributed by atoms with E-state index in [4.69, 9.17) is 4.42 Å². The van der Waals surface area contributed by atoms with Gasteiger partial charge in [-0.05, 0) is 104 Å². The molecule has 3 heteroatoms. The SMILES string of the molecule is c1cc(-c2ccccc2-n2c3ccccc3c3ccccc32)cc(N(c2ccc(-c3ccc(-c4cccc5c4oc4ccccc45)cc3)cc2)c2ccc3c(ccc4ccccc43)c2)c1. The lowest BCUT2D eigenvalue weighted by atomic mass is 9.98. The quantitative estimate of drug-likeness (QED) is 0.149. The summed E-state index contributed by atoms with van der Waals surface area (Å²) < 4.78 is 8.80. The third-order valence-corrected chi connectivity index (χ3v) is 13.2. The van der Waals surface area contributed by atoms with Crippen molar-refractivity contribution in [3.8, 4) is 39.1 Å². The van der Waals surface area contributed by atoms with Crippen LogP contribution in [0.5, 0.6) is 0 Å². The van der Waals surface area contributed by atoms with Crippen LogP contribution in [0.15, 0.2) is 247 Å². The van der Waals surface area contributed by atoms with Crippen molar-refractivity contribution in [3.63, 3.8) is 0 Å². The number of fused-ring (bicyclic) bond motifs is 9. The molecule has 13 aromatic rings. The standard InChI is InChI=1S/C62H40N2O/c1-2-16-50-43(13-1)31-32-46-40-49(37-38-51(46)50)63(47-35-33-42(34-36-47)41-27-29-44(30-28-41)53-21-12-22-57-56-20-6-10-26-61(56)65-62(53)57)48-15-11-14-45(39-48)52-17-3-7-23-58(52)64-59-24-8-4-18-54(59)55-19-5-9-25-60(55)64/h1-40H. The number of para-hydroxylation sites is 5. The Labute approximate surface area is 376 Å². The van der Waals surface area contributed by atoms with Gasteiger partial charge in [0.1, 0.15) is 11.2 Å². The maximum absolute atomic E-state index is 6.38. The van der Waals surface area contributed by atoms with Gasteiger partial charge >= 0.3 is 0 Å². The minimum atomic E-state index is 0.911. The van der Waals surface area contributed by atoms with Gasteiger partial charge < -0.3 is 13.9 Å². The Kier molecular flexibility index (Phi) is 8.53. The first kappa shape index (κ1) is 36.9. The summed E-state index contributed by atoms with van der Waals surface area (Å²) in [6.07, 6.45) is 0. The van der Waals surface area contributed by atoms with Crippen molar-refractivity contribution >= 4 is 82.4 Å². The van der Waals surface area contributed by atoms with Gasteiger partial charge in [-0.25, -0.2) is 0 Å². The molecule has 0 radical (unpaired) electrons. The molecule has 3 nitrogen and oxygen atoms in total. The smallest absolute Gasteiger partial charge is 0.143 e. The van der Waals surface area contributed by atoms with E-state index < -0.39 is 0 Å². The van der Waals surface area contributed by atoms with Crippen LogP contribution in [0.4, 0.5) is 17.1 Å². The molecule has 65 heavy (non-hydrogen) atoms. The predicted molar refractivity (Wildman–Crippen MR) is 274 cm³/mol. The average Bonchev–Trinajstić information content (AvgIpc) is 3.93. The number of anilines is 3. The Bertz CT molecular complexity index is 3900. The Morgan fingerprint density at radius 1 is 0.308 bits per heavy atom. The molecule has 0 amide bonds. The normalized spacial score (nSPS) is 11.7.